The van der Waals surface area contributed by atoms with E-state index in [1.165, 1.54) is 4.70 Å². The monoisotopic (exact) mass is 560 g/mol. The predicted octanol–water partition coefficient (Wildman–Crippen LogP) is 10.3. The molecule has 0 bridgehead atoms. The van der Waals surface area contributed by atoms with Crippen LogP contribution in [0.1, 0.15) is 6.85 Å². The molecule has 42 heavy (non-hydrogen) atoms. The lowest BCUT2D eigenvalue weighted by molar-refractivity contribution is 0.669. The summed E-state index contributed by atoms with van der Waals surface area (Å²) in [6.45, 7) is 0. The maximum Gasteiger partial charge on any atom is 0.164 e. The Balaban J connectivity index is 1.30. The van der Waals surface area contributed by atoms with Crippen molar-refractivity contribution in [1.82, 2.24) is 15.0 Å². The molecule has 6 aromatic carbocycles. The zero-order valence-corrected chi connectivity index (χ0v) is 22.7. The number of rotatable bonds is 3. The molecule has 0 saturated carbocycles. The summed E-state index contributed by atoms with van der Waals surface area (Å²) in [4.78, 5) is 14.4. The van der Waals surface area contributed by atoms with Crippen LogP contribution >= 0.6 is 11.3 Å². The molecule has 0 aliphatic carbocycles. The van der Waals surface area contributed by atoms with Crippen molar-refractivity contribution in [2.24, 2.45) is 0 Å². The Morgan fingerprint density at radius 2 is 1.12 bits per heavy atom. The number of aromatic nitrogens is 3. The highest BCUT2D eigenvalue weighted by Gasteiger charge is 2.16. The molecule has 5 heteroatoms. The standard InChI is InChI=1S/C37H21N3OS/c1-2-8-22(9-3-1)35-38-36(40-37(39-35)26-15-17-34-30(20-26)27-12-6-7-13-33(27)42-34)25-14-16-31-28(19-25)29-18-23-10-4-5-11-24(23)21-32(29)41-31/h1-21H/i1D,2D,3D,8D,9D. The quantitative estimate of drug-likeness (QED) is 0.216. The van der Waals surface area contributed by atoms with Crippen LogP contribution in [0.2, 0.25) is 0 Å². The summed E-state index contributed by atoms with van der Waals surface area (Å²) in [6, 6.07) is 30.1. The Morgan fingerprint density at radius 3 is 1.93 bits per heavy atom. The Morgan fingerprint density at radius 1 is 0.500 bits per heavy atom. The predicted molar refractivity (Wildman–Crippen MR) is 174 cm³/mol. The molecular weight excluding hydrogens is 534 g/mol. The van der Waals surface area contributed by atoms with Gasteiger partial charge in [-0.15, -0.1) is 11.3 Å². The average Bonchev–Trinajstić information content (AvgIpc) is 3.65. The summed E-state index contributed by atoms with van der Waals surface area (Å²) in [7, 11) is 0. The van der Waals surface area contributed by atoms with Crippen molar-refractivity contribution in [3.63, 3.8) is 0 Å². The van der Waals surface area contributed by atoms with Gasteiger partial charge in [-0.05, 0) is 65.4 Å². The Kier molecular flexibility index (Phi) is 4.07. The van der Waals surface area contributed by atoms with Gasteiger partial charge in [0.05, 0.1) is 6.85 Å². The van der Waals surface area contributed by atoms with E-state index in [1.807, 2.05) is 66.7 Å². The van der Waals surface area contributed by atoms with E-state index in [4.69, 9.17) is 26.2 Å². The number of furan rings is 1. The minimum atomic E-state index is -0.474. The highest BCUT2D eigenvalue weighted by molar-refractivity contribution is 7.25. The summed E-state index contributed by atoms with van der Waals surface area (Å²) in [6.07, 6.45) is 0. The smallest absolute Gasteiger partial charge is 0.164 e. The van der Waals surface area contributed by atoms with Crippen LogP contribution in [0.25, 0.3) is 87.0 Å². The summed E-state index contributed by atoms with van der Waals surface area (Å²) in [5, 5.41) is 6.21. The van der Waals surface area contributed by atoms with Gasteiger partial charge < -0.3 is 4.42 Å². The number of hydrogen-bond donors (Lipinski definition) is 0. The van der Waals surface area contributed by atoms with Crippen LogP contribution in [0.5, 0.6) is 0 Å². The van der Waals surface area contributed by atoms with Crippen molar-refractivity contribution in [2.75, 3.05) is 0 Å². The fraction of sp³-hybridized carbons (Fsp3) is 0. The lowest BCUT2D eigenvalue weighted by atomic mass is 10.0. The molecule has 4 nitrogen and oxygen atoms in total. The van der Waals surface area contributed by atoms with Gasteiger partial charge in [-0.25, -0.2) is 15.0 Å². The van der Waals surface area contributed by atoms with Crippen LogP contribution in [0.15, 0.2) is 132 Å². The van der Waals surface area contributed by atoms with E-state index >= 15 is 0 Å². The van der Waals surface area contributed by atoms with E-state index in [9.17, 15) is 0 Å². The van der Waals surface area contributed by atoms with Crippen molar-refractivity contribution in [1.29, 1.82) is 0 Å². The summed E-state index contributed by atoms with van der Waals surface area (Å²) in [5.41, 5.74) is 2.80. The Hall–Kier alpha value is -5.39. The third-order valence-electron chi connectivity index (χ3n) is 7.59. The second-order valence-electron chi connectivity index (χ2n) is 10.1. The molecule has 0 spiro atoms. The molecule has 0 N–H and O–H groups in total. The lowest BCUT2D eigenvalue weighted by Gasteiger charge is -2.09. The molecular formula is C37H21N3OS. The SMILES string of the molecule is [2H]c1c([2H])c([2H])c(-c2nc(-c3ccc4oc5cc6ccccc6cc5c4c3)nc(-c3ccc4sc5ccccc5c4c3)n2)c([2H])c1[2H]. The molecule has 3 aromatic heterocycles. The molecule has 0 aliphatic heterocycles. The molecule has 196 valence electrons. The highest BCUT2D eigenvalue weighted by Crippen LogP contribution is 2.37. The molecule has 0 radical (unpaired) electrons. The van der Waals surface area contributed by atoms with Gasteiger partial charge in [0.1, 0.15) is 11.2 Å². The van der Waals surface area contributed by atoms with Crippen molar-refractivity contribution in [2.45, 2.75) is 0 Å². The van der Waals surface area contributed by atoms with E-state index in [1.54, 1.807) is 11.3 Å². The number of thiophene rings is 1. The fourth-order valence-electron chi connectivity index (χ4n) is 5.57. The molecule has 0 unspecified atom stereocenters. The van der Waals surface area contributed by atoms with Crippen molar-refractivity contribution < 1.29 is 11.3 Å². The van der Waals surface area contributed by atoms with E-state index in [0.717, 1.165) is 48.2 Å². The molecule has 9 rings (SSSR count). The topological polar surface area (TPSA) is 51.8 Å². The zero-order valence-electron chi connectivity index (χ0n) is 26.9. The Labute approximate surface area is 251 Å². The fourth-order valence-corrected chi connectivity index (χ4v) is 6.66. The normalized spacial score (nSPS) is 13.5. The first-order valence-electron chi connectivity index (χ1n) is 15.9. The summed E-state index contributed by atoms with van der Waals surface area (Å²) < 4.78 is 50.5. The van der Waals surface area contributed by atoms with Crippen LogP contribution in [0, 0.1) is 0 Å². The maximum absolute atomic E-state index is 8.66. The van der Waals surface area contributed by atoms with E-state index in [2.05, 4.69) is 30.3 Å². The van der Waals surface area contributed by atoms with Crippen LogP contribution in [0.4, 0.5) is 0 Å². The third kappa shape index (κ3) is 3.71. The number of nitrogens with zero attached hydrogens (tertiary/aromatic N) is 3. The van der Waals surface area contributed by atoms with Crippen LogP contribution in [-0.4, -0.2) is 15.0 Å². The second-order valence-corrected chi connectivity index (χ2v) is 11.2. The average molecular weight is 561 g/mol. The van der Waals surface area contributed by atoms with E-state index in [-0.39, 0.29) is 23.5 Å². The van der Waals surface area contributed by atoms with Gasteiger partial charge in [-0.1, -0.05) is 72.7 Å². The molecule has 9 aromatic rings. The van der Waals surface area contributed by atoms with Gasteiger partial charge in [0, 0.05) is 47.6 Å². The first-order valence-corrected chi connectivity index (χ1v) is 14.3. The minimum absolute atomic E-state index is 0.000385. The van der Waals surface area contributed by atoms with Crippen molar-refractivity contribution >= 4 is 64.2 Å². The minimum Gasteiger partial charge on any atom is -0.456 e. The molecule has 0 atom stereocenters. The largest absolute Gasteiger partial charge is 0.456 e. The van der Waals surface area contributed by atoms with Crippen molar-refractivity contribution in [3.8, 4) is 34.2 Å². The van der Waals surface area contributed by atoms with Crippen LogP contribution in [0.3, 0.4) is 0 Å². The molecule has 0 aliphatic rings. The summed E-state index contributed by atoms with van der Waals surface area (Å²) >= 11 is 1.71. The van der Waals surface area contributed by atoms with E-state index in [0.29, 0.717) is 22.8 Å². The van der Waals surface area contributed by atoms with Gasteiger partial charge in [-0.2, -0.15) is 0 Å². The maximum atomic E-state index is 8.66. The summed E-state index contributed by atoms with van der Waals surface area (Å²) in [5.74, 6) is 0.640. The van der Waals surface area contributed by atoms with Gasteiger partial charge in [-0.3, -0.25) is 0 Å². The zero-order chi connectivity index (χ0) is 32.0. The van der Waals surface area contributed by atoms with Gasteiger partial charge in [0.15, 0.2) is 17.5 Å². The van der Waals surface area contributed by atoms with E-state index < -0.39 is 18.1 Å². The van der Waals surface area contributed by atoms with Gasteiger partial charge in [0.2, 0.25) is 0 Å². The second kappa shape index (κ2) is 9.06. The van der Waals surface area contributed by atoms with Gasteiger partial charge >= 0.3 is 0 Å². The Bertz CT molecular complexity index is 2740. The number of benzene rings is 6. The first-order chi connectivity index (χ1) is 22.8. The lowest BCUT2D eigenvalue weighted by Crippen LogP contribution is -2.00. The molecule has 0 amide bonds. The third-order valence-corrected chi connectivity index (χ3v) is 8.74. The van der Waals surface area contributed by atoms with Gasteiger partial charge in [0.25, 0.3) is 0 Å². The first kappa shape index (κ1) is 18.9. The molecule has 0 fully saturated rings. The number of fused-ring (bicyclic) bond motifs is 7. The molecule has 0 saturated heterocycles. The number of hydrogen-bond acceptors (Lipinski definition) is 5. The highest BCUT2D eigenvalue weighted by atomic mass is 32.1. The van der Waals surface area contributed by atoms with Crippen molar-refractivity contribution in [3.05, 3.63) is 127 Å². The molecule has 3 heterocycles. The van der Waals surface area contributed by atoms with Crippen LogP contribution in [-0.2, 0) is 0 Å². The van der Waals surface area contributed by atoms with Crippen LogP contribution < -0.4 is 0 Å².